The van der Waals surface area contributed by atoms with Gasteiger partial charge in [-0.2, -0.15) is 0 Å². The average molecular weight is 384 g/mol. The van der Waals surface area contributed by atoms with Gasteiger partial charge >= 0.3 is 0 Å². The highest BCUT2D eigenvalue weighted by molar-refractivity contribution is 5.95. The van der Waals surface area contributed by atoms with Crippen LogP contribution in [0, 0.1) is 5.82 Å². The van der Waals surface area contributed by atoms with Crippen molar-refractivity contribution in [1.82, 2.24) is 4.90 Å². The normalized spacial score (nSPS) is 15.8. The molecule has 2 N–H and O–H groups in total. The van der Waals surface area contributed by atoms with Crippen molar-refractivity contribution in [3.63, 3.8) is 0 Å². The van der Waals surface area contributed by atoms with Crippen LogP contribution in [0.15, 0.2) is 48.5 Å². The molecule has 3 rings (SSSR count). The van der Waals surface area contributed by atoms with E-state index in [0.717, 1.165) is 31.9 Å². The van der Waals surface area contributed by atoms with Crippen molar-refractivity contribution < 1.29 is 14.0 Å². The molecule has 0 saturated carbocycles. The quantitative estimate of drug-likeness (QED) is 0.832. The monoisotopic (exact) mass is 384 g/mol. The molecule has 0 spiro atoms. The Bertz CT molecular complexity index is 815. The summed E-state index contributed by atoms with van der Waals surface area (Å²) in [5, 5.41) is 5.62. The highest BCUT2D eigenvalue weighted by Gasteiger charge is 2.25. The van der Waals surface area contributed by atoms with Gasteiger partial charge in [-0.05, 0) is 55.5 Å². The lowest BCUT2D eigenvalue weighted by Crippen LogP contribution is -2.52. The molecule has 1 saturated heterocycles. The molecule has 0 aromatic heterocycles. The SMILES string of the molecule is CC(=O)Nc1ccc(NC(=O)C(C)N2CCN(c3ccc(F)cc3)CC2)cc1. The van der Waals surface area contributed by atoms with Gasteiger partial charge in [0.25, 0.3) is 0 Å². The van der Waals surface area contributed by atoms with E-state index in [-0.39, 0.29) is 23.7 Å². The summed E-state index contributed by atoms with van der Waals surface area (Å²) in [5.41, 5.74) is 2.38. The highest BCUT2D eigenvalue weighted by Crippen LogP contribution is 2.19. The highest BCUT2D eigenvalue weighted by atomic mass is 19.1. The predicted octanol–water partition coefficient (Wildman–Crippen LogP) is 2.93. The Kier molecular flexibility index (Phi) is 6.26. The van der Waals surface area contributed by atoms with Gasteiger partial charge in [-0.1, -0.05) is 0 Å². The Morgan fingerprint density at radius 2 is 1.43 bits per heavy atom. The van der Waals surface area contributed by atoms with E-state index < -0.39 is 0 Å². The maximum absolute atomic E-state index is 13.1. The molecule has 148 valence electrons. The number of benzene rings is 2. The molecule has 1 unspecified atom stereocenters. The number of hydrogen-bond acceptors (Lipinski definition) is 4. The molecule has 0 bridgehead atoms. The standard InChI is InChI=1S/C21H25FN4O2/c1-15(21(28)24-19-7-5-18(6-8-19)23-16(2)27)25-11-13-26(14-12-25)20-9-3-17(22)4-10-20/h3-10,15H,11-14H2,1-2H3,(H,23,27)(H,24,28). The molecule has 1 aliphatic heterocycles. The summed E-state index contributed by atoms with van der Waals surface area (Å²) in [4.78, 5) is 28.0. The van der Waals surface area contributed by atoms with Crippen LogP contribution in [0.4, 0.5) is 21.5 Å². The first-order valence-corrected chi connectivity index (χ1v) is 9.35. The van der Waals surface area contributed by atoms with E-state index in [4.69, 9.17) is 0 Å². The van der Waals surface area contributed by atoms with Crippen LogP contribution in [-0.2, 0) is 9.59 Å². The van der Waals surface area contributed by atoms with Crippen LogP contribution < -0.4 is 15.5 Å². The number of amides is 2. The second-order valence-corrected chi connectivity index (χ2v) is 6.92. The fraction of sp³-hybridized carbons (Fsp3) is 0.333. The first-order valence-electron chi connectivity index (χ1n) is 9.35. The molecule has 7 heteroatoms. The van der Waals surface area contributed by atoms with E-state index in [2.05, 4.69) is 20.4 Å². The van der Waals surface area contributed by atoms with Gasteiger partial charge in [0, 0.05) is 50.2 Å². The number of piperazine rings is 1. The van der Waals surface area contributed by atoms with Crippen molar-refractivity contribution in [3.8, 4) is 0 Å². The third-order valence-electron chi connectivity index (χ3n) is 4.91. The van der Waals surface area contributed by atoms with E-state index in [0.29, 0.717) is 11.4 Å². The van der Waals surface area contributed by atoms with Crippen molar-refractivity contribution in [3.05, 3.63) is 54.3 Å². The molecule has 28 heavy (non-hydrogen) atoms. The zero-order chi connectivity index (χ0) is 20.1. The number of hydrogen-bond donors (Lipinski definition) is 2. The summed E-state index contributed by atoms with van der Waals surface area (Å²) in [6, 6.07) is 13.3. The molecule has 1 fully saturated rings. The van der Waals surface area contributed by atoms with Crippen molar-refractivity contribution in [2.75, 3.05) is 41.7 Å². The zero-order valence-electron chi connectivity index (χ0n) is 16.1. The number of halogens is 1. The van der Waals surface area contributed by atoms with Crippen LogP contribution in [0.25, 0.3) is 0 Å². The number of carbonyl (C=O) groups excluding carboxylic acids is 2. The first kappa shape index (κ1) is 19.8. The van der Waals surface area contributed by atoms with Crippen LogP contribution >= 0.6 is 0 Å². The molecule has 0 aliphatic carbocycles. The molecular weight excluding hydrogens is 359 g/mol. The largest absolute Gasteiger partial charge is 0.369 e. The minimum atomic E-state index is -0.259. The molecule has 1 heterocycles. The van der Waals surface area contributed by atoms with E-state index in [1.54, 1.807) is 36.4 Å². The van der Waals surface area contributed by atoms with E-state index in [1.165, 1.54) is 19.1 Å². The van der Waals surface area contributed by atoms with Gasteiger partial charge in [0.05, 0.1) is 6.04 Å². The Hall–Kier alpha value is -2.93. The number of rotatable bonds is 5. The number of carbonyl (C=O) groups is 2. The predicted molar refractivity (Wildman–Crippen MR) is 109 cm³/mol. The van der Waals surface area contributed by atoms with Crippen LogP contribution in [0.5, 0.6) is 0 Å². The van der Waals surface area contributed by atoms with Gasteiger partial charge < -0.3 is 15.5 Å². The fourth-order valence-electron chi connectivity index (χ4n) is 3.27. The van der Waals surface area contributed by atoms with E-state index in [9.17, 15) is 14.0 Å². The van der Waals surface area contributed by atoms with Crippen LogP contribution in [0.1, 0.15) is 13.8 Å². The Morgan fingerprint density at radius 3 is 1.96 bits per heavy atom. The maximum atomic E-state index is 13.1. The number of anilines is 3. The van der Waals surface area contributed by atoms with Crippen molar-refractivity contribution in [2.45, 2.75) is 19.9 Å². The van der Waals surface area contributed by atoms with Gasteiger partial charge in [0.15, 0.2) is 0 Å². The Balaban J connectivity index is 1.51. The summed E-state index contributed by atoms with van der Waals surface area (Å²) in [7, 11) is 0. The fourth-order valence-corrected chi connectivity index (χ4v) is 3.27. The minimum Gasteiger partial charge on any atom is -0.369 e. The topological polar surface area (TPSA) is 64.7 Å². The summed E-state index contributed by atoms with van der Waals surface area (Å²) in [5.74, 6) is -0.439. The molecule has 0 radical (unpaired) electrons. The zero-order valence-corrected chi connectivity index (χ0v) is 16.1. The minimum absolute atomic E-state index is 0.0671. The van der Waals surface area contributed by atoms with Crippen molar-refractivity contribution in [1.29, 1.82) is 0 Å². The first-order chi connectivity index (χ1) is 13.4. The molecule has 1 atom stereocenters. The molecule has 6 nitrogen and oxygen atoms in total. The Labute approximate surface area is 164 Å². The lowest BCUT2D eigenvalue weighted by molar-refractivity contribution is -0.121. The molecule has 1 aliphatic rings. The van der Waals surface area contributed by atoms with E-state index in [1.807, 2.05) is 6.92 Å². The lowest BCUT2D eigenvalue weighted by atomic mass is 10.2. The summed E-state index contributed by atoms with van der Waals surface area (Å²) in [6.07, 6.45) is 0. The molecular formula is C21H25FN4O2. The third-order valence-corrected chi connectivity index (χ3v) is 4.91. The second kappa shape index (κ2) is 8.84. The molecule has 2 amide bonds. The summed E-state index contributed by atoms with van der Waals surface area (Å²) < 4.78 is 13.1. The van der Waals surface area contributed by atoms with Gasteiger partial charge in [-0.3, -0.25) is 14.5 Å². The van der Waals surface area contributed by atoms with Gasteiger partial charge in [-0.15, -0.1) is 0 Å². The Morgan fingerprint density at radius 1 is 0.893 bits per heavy atom. The number of nitrogens with one attached hydrogen (secondary N) is 2. The third kappa shape index (κ3) is 5.07. The summed E-state index contributed by atoms with van der Waals surface area (Å²) >= 11 is 0. The number of nitrogens with zero attached hydrogens (tertiary/aromatic N) is 2. The smallest absolute Gasteiger partial charge is 0.241 e. The summed E-state index contributed by atoms with van der Waals surface area (Å²) in [6.45, 7) is 6.44. The maximum Gasteiger partial charge on any atom is 0.241 e. The van der Waals surface area contributed by atoms with Crippen LogP contribution in [0.2, 0.25) is 0 Å². The van der Waals surface area contributed by atoms with Gasteiger partial charge in [0.1, 0.15) is 5.82 Å². The van der Waals surface area contributed by atoms with Gasteiger partial charge in [-0.25, -0.2) is 4.39 Å². The van der Waals surface area contributed by atoms with Crippen LogP contribution in [0.3, 0.4) is 0 Å². The molecule has 2 aromatic rings. The van der Waals surface area contributed by atoms with Crippen LogP contribution in [-0.4, -0.2) is 48.9 Å². The molecule has 2 aromatic carbocycles. The van der Waals surface area contributed by atoms with Crippen molar-refractivity contribution >= 4 is 28.9 Å². The van der Waals surface area contributed by atoms with E-state index >= 15 is 0 Å². The lowest BCUT2D eigenvalue weighted by Gasteiger charge is -2.38. The van der Waals surface area contributed by atoms with Crippen molar-refractivity contribution in [2.24, 2.45) is 0 Å². The average Bonchev–Trinajstić information content (AvgIpc) is 2.69. The van der Waals surface area contributed by atoms with Gasteiger partial charge in [0.2, 0.25) is 11.8 Å². The second-order valence-electron chi connectivity index (χ2n) is 6.92.